The number of aliphatic hydroxyl groups excluding tert-OH is 7. The van der Waals surface area contributed by atoms with E-state index in [9.17, 15) is 87.6 Å². The van der Waals surface area contributed by atoms with E-state index in [1.165, 1.54) is 45.4 Å². The van der Waals surface area contributed by atoms with Crippen molar-refractivity contribution in [3.8, 4) is 11.5 Å². The number of hydrogen-bond donors (Lipinski definition) is 15. The Morgan fingerprint density at radius 3 is 1.86 bits per heavy atom. The lowest BCUT2D eigenvalue weighted by Crippen LogP contribution is -2.64. The number of nitrogens with one attached hydrogen (secondary N) is 5. The topological polar surface area (TPSA) is 455 Å². The fourth-order valence-corrected chi connectivity index (χ4v) is 10.4. The van der Waals surface area contributed by atoms with Crippen LogP contribution in [-0.4, -0.2) is 203 Å². The van der Waals surface area contributed by atoms with Crippen molar-refractivity contribution < 1.29 is 96.4 Å². The molecule has 29 heteroatoms. The molecule has 3 heterocycles. The van der Waals surface area contributed by atoms with Crippen LogP contribution in [0.3, 0.4) is 0 Å². The second kappa shape index (κ2) is 31.4. The van der Waals surface area contributed by atoms with Crippen LogP contribution in [0.25, 0.3) is 0 Å². The van der Waals surface area contributed by atoms with Crippen LogP contribution < -0.4 is 36.5 Å². The average Bonchev–Trinajstić information content (AvgIpc) is 4.06. The van der Waals surface area contributed by atoms with Gasteiger partial charge in [0.25, 0.3) is 0 Å². The summed E-state index contributed by atoms with van der Waals surface area (Å²) in [7, 11) is -5.13. The van der Waals surface area contributed by atoms with Crippen molar-refractivity contribution in [3.05, 3.63) is 23.8 Å². The van der Waals surface area contributed by atoms with Crippen molar-refractivity contribution in [3.63, 3.8) is 0 Å². The second-order valence-electron chi connectivity index (χ2n) is 21.2. The Morgan fingerprint density at radius 1 is 0.738 bits per heavy atom. The first-order valence-electron chi connectivity index (χ1n) is 27.3. The van der Waals surface area contributed by atoms with Gasteiger partial charge in [-0.1, -0.05) is 97.0 Å². The summed E-state index contributed by atoms with van der Waals surface area (Å²) in [6, 6.07) is -9.28. The number of unbranched alkanes of at least 4 members (excludes halogenated alkanes) is 12. The van der Waals surface area contributed by atoms with Gasteiger partial charge < -0.3 is 87.2 Å². The van der Waals surface area contributed by atoms with Crippen LogP contribution in [0.4, 0.5) is 0 Å². The fourth-order valence-electron chi connectivity index (χ4n) is 10.1. The molecule has 0 saturated carbocycles. The van der Waals surface area contributed by atoms with E-state index < -0.39 is 193 Å². The number of carbonyl (C=O) groups is 8. The summed E-state index contributed by atoms with van der Waals surface area (Å²) >= 11 is 0. The van der Waals surface area contributed by atoms with Gasteiger partial charge in [0.2, 0.25) is 47.3 Å². The second-order valence-corrected chi connectivity index (χ2v) is 22.2. The number of aliphatic hydroxyl groups is 7. The highest BCUT2D eigenvalue weighted by Crippen LogP contribution is 2.30. The first-order chi connectivity index (χ1) is 37.6. The minimum absolute atomic E-state index is 0.0945. The van der Waals surface area contributed by atoms with E-state index in [0.29, 0.717) is 17.7 Å². The maximum Gasteiger partial charge on any atom is 0.446 e. The quantitative estimate of drug-likeness (QED) is 0.0360. The van der Waals surface area contributed by atoms with Gasteiger partial charge in [-0.2, -0.15) is 8.42 Å². The molecule has 1 aromatic carbocycles. The lowest BCUT2D eigenvalue weighted by atomic mass is 9.98. The van der Waals surface area contributed by atoms with Crippen molar-refractivity contribution in [1.29, 1.82) is 0 Å². The number of aromatic hydroxyl groups is 1. The third-order valence-electron chi connectivity index (χ3n) is 14.5. The van der Waals surface area contributed by atoms with Crippen molar-refractivity contribution in [2.75, 3.05) is 13.1 Å². The van der Waals surface area contributed by atoms with Gasteiger partial charge in [-0.15, -0.1) is 0 Å². The third-order valence-corrected chi connectivity index (χ3v) is 14.9. The zero-order chi connectivity index (χ0) is 59.6. The van der Waals surface area contributed by atoms with Gasteiger partial charge in [-0.25, -0.2) is 0 Å². The summed E-state index contributed by atoms with van der Waals surface area (Å²) in [6.45, 7) is 3.57. The van der Waals surface area contributed by atoms with E-state index in [4.69, 9.17) is 10.3 Å². The van der Waals surface area contributed by atoms with E-state index in [1.807, 2.05) is 0 Å². The minimum Gasteiger partial charge on any atom is -0.504 e. The molecule has 14 atom stereocenters. The van der Waals surface area contributed by atoms with Crippen LogP contribution in [0.15, 0.2) is 18.2 Å². The van der Waals surface area contributed by atoms with Crippen molar-refractivity contribution in [2.45, 2.75) is 215 Å². The van der Waals surface area contributed by atoms with Crippen LogP contribution in [-0.2, 0) is 55.2 Å². The number of nitrogens with zero attached hydrogens (tertiary/aromatic N) is 2. The molecule has 0 aromatic heterocycles. The minimum atomic E-state index is -5.13. The molecule has 0 radical (unpaired) electrons. The molecule has 3 fully saturated rings. The zero-order valence-electron chi connectivity index (χ0n) is 45.4. The van der Waals surface area contributed by atoms with E-state index in [-0.39, 0.29) is 12.0 Å². The van der Waals surface area contributed by atoms with E-state index in [2.05, 4.69) is 37.7 Å². The summed E-state index contributed by atoms with van der Waals surface area (Å²) in [5, 5.41) is 100. The predicted molar refractivity (Wildman–Crippen MR) is 281 cm³/mol. The lowest BCUT2D eigenvalue weighted by molar-refractivity contribution is -0.148. The summed E-state index contributed by atoms with van der Waals surface area (Å²) in [6.07, 6.45) is -3.61. The van der Waals surface area contributed by atoms with Gasteiger partial charge in [-0.3, -0.25) is 42.9 Å². The number of fused-ring (bicyclic) bond motifs is 2. The van der Waals surface area contributed by atoms with Gasteiger partial charge in [0.15, 0.2) is 17.7 Å². The largest absolute Gasteiger partial charge is 0.504 e. The van der Waals surface area contributed by atoms with Gasteiger partial charge in [0, 0.05) is 44.7 Å². The summed E-state index contributed by atoms with van der Waals surface area (Å²) < 4.78 is 36.0. The fraction of sp³-hybridized carbons (Fsp3) is 0.725. The Kier molecular flexibility index (Phi) is 26.2. The molecule has 0 spiro atoms. The van der Waals surface area contributed by atoms with Gasteiger partial charge >= 0.3 is 10.4 Å². The van der Waals surface area contributed by atoms with Crippen molar-refractivity contribution in [1.82, 2.24) is 36.4 Å². The molecule has 0 unspecified atom stereocenters. The number of primary amides is 1. The maximum atomic E-state index is 14.6. The lowest BCUT2D eigenvalue weighted by Gasteiger charge is -2.34. The highest BCUT2D eigenvalue weighted by atomic mass is 32.3. The number of nitrogens with two attached hydrogens (primary N) is 1. The summed E-state index contributed by atoms with van der Waals surface area (Å²) in [4.78, 5) is 113. The van der Waals surface area contributed by atoms with Gasteiger partial charge in [-0.05, 0) is 31.0 Å². The number of amides is 8. The molecule has 0 bridgehead atoms. The molecular weight excluding hydrogens is 1080 g/mol. The van der Waals surface area contributed by atoms with Gasteiger partial charge in [0.1, 0.15) is 42.4 Å². The number of carbonyl (C=O) groups excluding carboxylic acids is 8. The van der Waals surface area contributed by atoms with Crippen LogP contribution in [0.5, 0.6) is 11.5 Å². The Labute approximate surface area is 464 Å². The molecule has 0 aliphatic carbocycles. The maximum absolute atomic E-state index is 14.6. The van der Waals surface area contributed by atoms with Crippen LogP contribution in [0.2, 0.25) is 0 Å². The van der Waals surface area contributed by atoms with Gasteiger partial charge in [0.05, 0.1) is 36.9 Å². The standard InChI is InChI=1S/C51H82N8O20S/c1-4-5-6-7-8-9-10-11-12-13-14-15-16-17-39(67)53-31-23-36(65)47(71)57-49(73)43-44(68)27(2)25-59(43)51(75)42(35(64)24-38(52)66)56-48(72)41(34(63)21-29-18-19-37(33(62)20-29)79-80(76,77)78)55-46(70)32-22-30(61)26-58(32)50(74)40(28(3)60)54-45(31)69/h18-20,27-28,30-32,34-36,40-44,47,60-65,68,71H,4-17,21-26H2,1-3H3,(H2,52,66)(H,53,67)(H,54,69)(H,55,70)(H,56,72)(H,57,73)(H,76,77,78)/t27-,28-,30-,31-,32-,34-,35-,36-,40-,41+,42-,43+,44+,47+/m0/s1. The van der Waals surface area contributed by atoms with Crippen LogP contribution in [0, 0.1) is 5.92 Å². The molecule has 3 saturated heterocycles. The predicted octanol–water partition coefficient (Wildman–Crippen LogP) is -3.12. The number of phenols is 1. The monoisotopic (exact) mass is 1160 g/mol. The van der Waals surface area contributed by atoms with Crippen molar-refractivity contribution >= 4 is 57.7 Å². The Hall–Kier alpha value is -5.79. The number of benzene rings is 1. The normalized spacial score (nSPS) is 27.8. The molecule has 16 N–H and O–H groups in total. The molecule has 80 heavy (non-hydrogen) atoms. The third kappa shape index (κ3) is 20.0. The highest BCUT2D eigenvalue weighted by molar-refractivity contribution is 7.81. The average molecular weight is 1160 g/mol. The number of phenolic OH excluding ortho intramolecular Hbond substituents is 1. The molecular formula is C51H82N8O20S. The number of rotatable bonds is 24. The molecule has 3 aliphatic heterocycles. The highest BCUT2D eigenvalue weighted by Gasteiger charge is 2.50. The molecule has 452 valence electrons. The Morgan fingerprint density at radius 2 is 1.30 bits per heavy atom. The molecule has 8 amide bonds. The summed E-state index contributed by atoms with van der Waals surface area (Å²) in [5.74, 6) is -12.4. The van der Waals surface area contributed by atoms with Crippen LogP contribution >= 0.6 is 0 Å². The molecule has 1 aromatic rings. The van der Waals surface area contributed by atoms with Crippen LogP contribution in [0.1, 0.15) is 135 Å². The van der Waals surface area contributed by atoms with E-state index >= 15 is 0 Å². The van der Waals surface area contributed by atoms with E-state index in [1.54, 1.807) is 0 Å². The molecule has 28 nitrogen and oxygen atoms in total. The molecule has 3 aliphatic rings. The Bertz CT molecular complexity index is 2400. The molecule has 4 rings (SSSR count). The SMILES string of the molecule is CCCCCCCCCCCCCCCC(=O)N[C@H]1C[C@H](O)[C@@H](O)NC(=O)[C@H]2[C@H](O)[C@@H](C)CN2C(=O)[C@H]([C@@H](O)CC(N)=O)NC(=O)[C@@H]([C@@H](O)Cc2ccc(OS(=O)(=O)O)c(O)c2)NC(=O)[C@@H]2C[C@H](O)CN2C(=O)[C@H]([C@H](C)O)NC1=O. The first kappa shape index (κ1) is 66.7. The van der Waals surface area contributed by atoms with Crippen molar-refractivity contribution in [2.24, 2.45) is 11.7 Å². The Balaban J connectivity index is 1.71. The van der Waals surface area contributed by atoms with E-state index in [0.717, 1.165) is 62.1 Å². The smallest absolute Gasteiger partial charge is 0.446 e. The summed E-state index contributed by atoms with van der Waals surface area (Å²) in [5.41, 5.74) is 5.25. The zero-order valence-corrected chi connectivity index (χ0v) is 46.2. The first-order valence-corrected chi connectivity index (χ1v) is 28.7. The number of hydrogen-bond acceptors (Lipinski definition) is 19.